The highest BCUT2D eigenvalue weighted by Crippen LogP contribution is 2.18. The van der Waals surface area contributed by atoms with Crippen LogP contribution in [0.4, 0.5) is 4.79 Å². The van der Waals surface area contributed by atoms with E-state index in [-0.39, 0.29) is 11.7 Å². The number of carboxylic acid groups (broad SMARTS) is 1. The van der Waals surface area contributed by atoms with Crippen molar-refractivity contribution in [2.24, 2.45) is 0 Å². The first-order chi connectivity index (χ1) is 8.13. The Morgan fingerprint density at radius 3 is 2.53 bits per heavy atom. The molecule has 1 atom stereocenters. The van der Waals surface area contributed by atoms with Crippen molar-refractivity contribution in [1.82, 2.24) is 5.32 Å². The number of benzene rings is 1. The number of carbonyl (C=O) groups excluding carboxylic acids is 1. The van der Waals surface area contributed by atoms with Gasteiger partial charge in [-0.15, -0.1) is 23.4 Å². The van der Waals surface area contributed by atoms with E-state index in [1.54, 1.807) is 0 Å². The molecule has 1 aromatic rings. The first-order valence-corrected chi connectivity index (χ1v) is 6.41. The first-order valence-electron chi connectivity index (χ1n) is 4.89. The standard InChI is InChI=1S/C11H12ClNO3S/c12-6-10(14)9(13-11(15)16)7-17-8-4-2-1-3-5-8/h1-5,9,13H,6-7H2,(H,15,16). The SMILES string of the molecule is O=C(O)NC(CSc1ccccc1)C(=O)CCl. The number of thioether (sulfide) groups is 1. The van der Waals surface area contributed by atoms with E-state index in [0.717, 1.165) is 4.90 Å². The fourth-order valence-corrected chi connectivity index (χ4v) is 2.32. The van der Waals surface area contributed by atoms with Crippen molar-refractivity contribution < 1.29 is 14.7 Å². The van der Waals surface area contributed by atoms with Crippen molar-refractivity contribution in [3.05, 3.63) is 30.3 Å². The van der Waals surface area contributed by atoms with Gasteiger partial charge in [0, 0.05) is 10.6 Å². The number of Topliss-reactive ketones (excluding diaryl/α,β-unsaturated/α-hetero) is 1. The molecule has 0 spiro atoms. The average Bonchev–Trinajstić information content (AvgIpc) is 2.34. The fraction of sp³-hybridized carbons (Fsp3) is 0.273. The molecule has 1 unspecified atom stereocenters. The van der Waals surface area contributed by atoms with Crippen LogP contribution in [-0.2, 0) is 4.79 Å². The summed E-state index contributed by atoms with van der Waals surface area (Å²) in [4.78, 5) is 22.9. The normalized spacial score (nSPS) is 11.8. The van der Waals surface area contributed by atoms with Crippen LogP contribution in [0, 0.1) is 0 Å². The summed E-state index contributed by atoms with van der Waals surface area (Å²) in [7, 11) is 0. The van der Waals surface area contributed by atoms with Crippen molar-refractivity contribution in [3.8, 4) is 0 Å². The Kier molecular flexibility index (Phi) is 5.86. The molecule has 0 saturated heterocycles. The van der Waals surface area contributed by atoms with Crippen LogP contribution in [0.1, 0.15) is 0 Å². The Bertz CT molecular complexity index is 386. The second-order valence-electron chi connectivity index (χ2n) is 3.23. The van der Waals surface area contributed by atoms with E-state index >= 15 is 0 Å². The van der Waals surface area contributed by atoms with Gasteiger partial charge in [-0.05, 0) is 12.1 Å². The minimum Gasteiger partial charge on any atom is -0.465 e. The molecule has 4 nitrogen and oxygen atoms in total. The second kappa shape index (κ2) is 7.19. The van der Waals surface area contributed by atoms with Gasteiger partial charge in [0.2, 0.25) is 0 Å². The summed E-state index contributed by atoms with van der Waals surface area (Å²) in [6.45, 7) is 0. The smallest absolute Gasteiger partial charge is 0.405 e. The minimum atomic E-state index is -1.22. The van der Waals surface area contributed by atoms with Gasteiger partial charge in [-0.1, -0.05) is 18.2 Å². The van der Waals surface area contributed by atoms with E-state index in [9.17, 15) is 9.59 Å². The van der Waals surface area contributed by atoms with E-state index in [4.69, 9.17) is 16.7 Å². The molecule has 0 bridgehead atoms. The molecular formula is C11H12ClNO3S. The molecular weight excluding hydrogens is 262 g/mol. The topological polar surface area (TPSA) is 66.4 Å². The summed E-state index contributed by atoms with van der Waals surface area (Å²) in [6.07, 6.45) is -1.22. The predicted octanol–water partition coefficient (Wildman–Crippen LogP) is 2.22. The van der Waals surface area contributed by atoms with Gasteiger partial charge in [-0.2, -0.15) is 0 Å². The molecule has 0 aromatic heterocycles. The summed E-state index contributed by atoms with van der Waals surface area (Å²) in [5, 5.41) is 10.8. The van der Waals surface area contributed by atoms with Crippen LogP contribution in [0.5, 0.6) is 0 Å². The lowest BCUT2D eigenvalue weighted by Crippen LogP contribution is -2.42. The number of ketones is 1. The quantitative estimate of drug-likeness (QED) is 0.616. The van der Waals surface area contributed by atoms with Crippen LogP contribution in [0.15, 0.2) is 35.2 Å². The third-order valence-electron chi connectivity index (χ3n) is 1.98. The highest BCUT2D eigenvalue weighted by molar-refractivity contribution is 7.99. The molecule has 0 aliphatic carbocycles. The van der Waals surface area contributed by atoms with Gasteiger partial charge in [0.25, 0.3) is 0 Å². The van der Waals surface area contributed by atoms with Crippen molar-refractivity contribution in [2.75, 3.05) is 11.6 Å². The van der Waals surface area contributed by atoms with Gasteiger partial charge in [0.15, 0.2) is 5.78 Å². The van der Waals surface area contributed by atoms with Crippen molar-refractivity contribution in [2.45, 2.75) is 10.9 Å². The maximum atomic E-state index is 11.4. The molecule has 1 aromatic carbocycles. The molecule has 0 saturated carbocycles. The number of hydrogen-bond donors (Lipinski definition) is 2. The zero-order valence-corrected chi connectivity index (χ0v) is 10.5. The zero-order valence-electron chi connectivity index (χ0n) is 8.93. The summed E-state index contributed by atoms with van der Waals surface area (Å²) in [6, 6.07) is 8.68. The lowest BCUT2D eigenvalue weighted by atomic mass is 10.2. The Morgan fingerprint density at radius 1 is 1.35 bits per heavy atom. The van der Waals surface area contributed by atoms with Crippen LogP contribution < -0.4 is 5.32 Å². The number of halogens is 1. The summed E-state index contributed by atoms with van der Waals surface area (Å²) < 4.78 is 0. The highest BCUT2D eigenvalue weighted by atomic mass is 35.5. The third kappa shape index (κ3) is 5.10. The number of rotatable bonds is 6. The van der Waals surface area contributed by atoms with Gasteiger partial charge in [0.1, 0.15) is 6.04 Å². The minimum absolute atomic E-state index is 0.194. The summed E-state index contributed by atoms with van der Waals surface area (Å²) >= 11 is 6.83. The molecule has 0 fully saturated rings. The van der Waals surface area contributed by atoms with Gasteiger partial charge in [-0.25, -0.2) is 4.79 Å². The molecule has 92 valence electrons. The molecule has 0 heterocycles. The fourth-order valence-electron chi connectivity index (χ4n) is 1.15. The Morgan fingerprint density at radius 2 is 2.00 bits per heavy atom. The van der Waals surface area contributed by atoms with Crippen LogP contribution in [-0.4, -0.2) is 34.7 Å². The Balaban J connectivity index is 2.55. The molecule has 2 N–H and O–H groups in total. The number of alkyl halides is 1. The van der Waals surface area contributed by atoms with E-state index in [0.29, 0.717) is 5.75 Å². The van der Waals surface area contributed by atoms with Crippen LogP contribution in [0.25, 0.3) is 0 Å². The van der Waals surface area contributed by atoms with Crippen LogP contribution >= 0.6 is 23.4 Å². The van der Waals surface area contributed by atoms with Gasteiger partial charge in [-0.3, -0.25) is 4.79 Å². The average molecular weight is 274 g/mol. The van der Waals surface area contributed by atoms with Crippen LogP contribution in [0.3, 0.4) is 0 Å². The van der Waals surface area contributed by atoms with Gasteiger partial charge < -0.3 is 10.4 Å². The van der Waals surface area contributed by atoms with Crippen molar-refractivity contribution >= 4 is 35.2 Å². The van der Waals surface area contributed by atoms with E-state index in [2.05, 4.69) is 5.32 Å². The highest BCUT2D eigenvalue weighted by Gasteiger charge is 2.19. The van der Waals surface area contributed by atoms with Gasteiger partial charge >= 0.3 is 6.09 Å². The molecule has 0 radical (unpaired) electrons. The van der Waals surface area contributed by atoms with E-state index in [1.807, 2.05) is 30.3 Å². The summed E-state index contributed by atoms with van der Waals surface area (Å²) in [5.41, 5.74) is 0. The first kappa shape index (κ1) is 13.9. The van der Waals surface area contributed by atoms with Crippen molar-refractivity contribution in [3.63, 3.8) is 0 Å². The number of hydrogen-bond acceptors (Lipinski definition) is 3. The van der Waals surface area contributed by atoms with Gasteiger partial charge in [0.05, 0.1) is 5.88 Å². The lowest BCUT2D eigenvalue weighted by molar-refractivity contribution is -0.118. The number of carbonyl (C=O) groups is 2. The molecule has 0 aliphatic heterocycles. The molecule has 1 rings (SSSR count). The monoisotopic (exact) mass is 273 g/mol. The summed E-state index contributed by atoms with van der Waals surface area (Å²) in [5.74, 6) is -0.181. The Hall–Kier alpha value is -1.20. The largest absolute Gasteiger partial charge is 0.465 e. The molecule has 1 amide bonds. The van der Waals surface area contributed by atoms with Crippen LogP contribution in [0.2, 0.25) is 0 Å². The molecule has 0 aliphatic rings. The molecule has 17 heavy (non-hydrogen) atoms. The van der Waals surface area contributed by atoms with Crippen molar-refractivity contribution in [1.29, 1.82) is 0 Å². The maximum Gasteiger partial charge on any atom is 0.405 e. The second-order valence-corrected chi connectivity index (χ2v) is 4.59. The molecule has 6 heteroatoms. The third-order valence-corrected chi connectivity index (χ3v) is 3.35. The zero-order chi connectivity index (χ0) is 12.7. The number of amides is 1. The Labute approximate surface area is 108 Å². The number of nitrogens with one attached hydrogen (secondary N) is 1. The maximum absolute atomic E-state index is 11.4. The lowest BCUT2D eigenvalue weighted by Gasteiger charge is -2.13. The van der Waals surface area contributed by atoms with E-state index < -0.39 is 12.1 Å². The van der Waals surface area contributed by atoms with E-state index in [1.165, 1.54) is 11.8 Å². The predicted molar refractivity (Wildman–Crippen MR) is 67.8 cm³/mol.